The number of hydrogen-bond acceptors (Lipinski definition) is 6. The standard InChI is InChI=1S/C14H12ClNO4S/c1-19-13(18)10(7-17)12-11(16-14(15)21-12)8-20-9-5-3-2-4-6-9/h2-7,17H,8H2,1H3. The molecule has 0 aliphatic rings. The lowest BCUT2D eigenvalue weighted by Crippen LogP contribution is -2.06. The van der Waals surface area contributed by atoms with Crippen molar-refractivity contribution in [2.24, 2.45) is 0 Å². The number of aromatic nitrogens is 1. The van der Waals surface area contributed by atoms with E-state index in [9.17, 15) is 9.90 Å². The quantitative estimate of drug-likeness (QED) is 0.518. The van der Waals surface area contributed by atoms with E-state index in [2.05, 4.69) is 9.72 Å². The van der Waals surface area contributed by atoms with E-state index in [1.54, 1.807) is 12.1 Å². The number of halogens is 1. The molecule has 1 aromatic heterocycles. The van der Waals surface area contributed by atoms with E-state index in [-0.39, 0.29) is 16.6 Å². The molecule has 0 radical (unpaired) electrons. The van der Waals surface area contributed by atoms with Gasteiger partial charge in [-0.05, 0) is 12.1 Å². The number of carbonyl (C=O) groups is 1. The van der Waals surface area contributed by atoms with Gasteiger partial charge in [-0.1, -0.05) is 29.8 Å². The Balaban J connectivity index is 2.22. The molecule has 0 bridgehead atoms. The number of rotatable bonds is 5. The summed E-state index contributed by atoms with van der Waals surface area (Å²) in [6, 6.07) is 9.17. The number of nitrogens with zero attached hydrogens (tertiary/aromatic N) is 1. The van der Waals surface area contributed by atoms with Crippen molar-refractivity contribution >= 4 is 34.5 Å². The smallest absolute Gasteiger partial charge is 0.342 e. The first-order chi connectivity index (χ1) is 10.2. The minimum absolute atomic E-state index is 0.00596. The molecule has 0 atom stereocenters. The van der Waals surface area contributed by atoms with Gasteiger partial charge in [-0.2, -0.15) is 0 Å². The first-order valence-corrected chi connectivity index (χ1v) is 7.11. The summed E-state index contributed by atoms with van der Waals surface area (Å²) in [5.74, 6) is -0.000976. The van der Waals surface area contributed by atoms with Crippen molar-refractivity contribution in [3.63, 3.8) is 0 Å². The predicted octanol–water partition coefficient (Wildman–Crippen LogP) is 3.45. The molecule has 1 aromatic carbocycles. The fourth-order valence-corrected chi connectivity index (χ4v) is 2.74. The van der Waals surface area contributed by atoms with E-state index < -0.39 is 5.97 Å². The zero-order chi connectivity index (χ0) is 15.2. The van der Waals surface area contributed by atoms with Crippen molar-refractivity contribution in [3.8, 4) is 5.75 Å². The molecule has 2 aromatic rings. The molecule has 0 saturated carbocycles. The lowest BCUT2D eigenvalue weighted by atomic mass is 10.2. The monoisotopic (exact) mass is 325 g/mol. The number of aliphatic hydroxyl groups excluding tert-OH is 1. The molecule has 0 spiro atoms. The van der Waals surface area contributed by atoms with Gasteiger partial charge in [0.15, 0.2) is 4.47 Å². The number of hydrogen-bond donors (Lipinski definition) is 1. The van der Waals surface area contributed by atoms with Crippen LogP contribution in [-0.4, -0.2) is 23.2 Å². The molecular formula is C14H12ClNO4S. The summed E-state index contributed by atoms with van der Waals surface area (Å²) in [5, 5.41) is 9.23. The number of benzene rings is 1. The van der Waals surface area contributed by atoms with Crippen molar-refractivity contribution in [3.05, 3.63) is 51.6 Å². The van der Waals surface area contributed by atoms with Crippen LogP contribution in [0.5, 0.6) is 5.75 Å². The van der Waals surface area contributed by atoms with E-state index in [4.69, 9.17) is 16.3 Å². The molecular weight excluding hydrogens is 314 g/mol. The van der Waals surface area contributed by atoms with Crippen molar-refractivity contribution in [2.75, 3.05) is 7.11 Å². The van der Waals surface area contributed by atoms with Crippen LogP contribution < -0.4 is 4.74 Å². The van der Waals surface area contributed by atoms with Gasteiger partial charge in [0, 0.05) is 0 Å². The number of para-hydroxylation sites is 1. The fraction of sp³-hybridized carbons (Fsp3) is 0.143. The van der Waals surface area contributed by atoms with Gasteiger partial charge < -0.3 is 14.6 Å². The molecule has 7 heteroatoms. The maximum atomic E-state index is 11.6. The lowest BCUT2D eigenvalue weighted by Gasteiger charge is -2.06. The molecule has 0 saturated heterocycles. The normalized spacial score (nSPS) is 11.2. The van der Waals surface area contributed by atoms with E-state index in [1.807, 2.05) is 18.2 Å². The first kappa shape index (κ1) is 15.3. The molecule has 1 heterocycles. The highest BCUT2D eigenvalue weighted by molar-refractivity contribution is 7.17. The Morgan fingerprint density at radius 3 is 2.76 bits per heavy atom. The topological polar surface area (TPSA) is 68.7 Å². The Morgan fingerprint density at radius 1 is 1.43 bits per heavy atom. The second-order valence-electron chi connectivity index (χ2n) is 3.88. The second kappa shape index (κ2) is 7.10. The number of ether oxygens (including phenoxy) is 2. The highest BCUT2D eigenvalue weighted by atomic mass is 35.5. The van der Waals surface area contributed by atoms with Gasteiger partial charge in [0.25, 0.3) is 0 Å². The molecule has 0 unspecified atom stereocenters. The van der Waals surface area contributed by atoms with Crippen molar-refractivity contribution in [1.82, 2.24) is 4.98 Å². The van der Waals surface area contributed by atoms with Gasteiger partial charge in [-0.15, -0.1) is 11.3 Å². The zero-order valence-electron chi connectivity index (χ0n) is 11.1. The van der Waals surface area contributed by atoms with Gasteiger partial charge in [0.2, 0.25) is 0 Å². The largest absolute Gasteiger partial charge is 0.515 e. The Kier molecular flexibility index (Phi) is 5.19. The van der Waals surface area contributed by atoms with Crippen molar-refractivity contribution in [1.29, 1.82) is 0 Å². The van der Waals surface area contributed by atoms with Gasteiger partial charge in [-0.3, -0.25) is 0 Å². The van der Waals surface area contributed by atoms with Crippen LogP contribution in [0.2, 0.25) is 4.47 Å². The van der Waals surface area contributed by atoms with E-state index in [0.29, 0.717) is 22.6 Å². The maximum absolute atomic E-state index is 11.6. The number of methoxy groups -OCH3 is 1. The molecule has 0 aliphatic carbocycles. The third kappa shape index (κ3) is 3.74. The molecule has 110 valence electrons. The number of esters is 1. The van der Waals surface area contributed by atoms with E-state index in [0.717, 1.165) is 11.3 Å². The number of carbonyl (C=O) groups excluding carboxylic acids is 1. The average molecular weight is 326 g/mol. The summed E-state index contributed by atoms with van der Waals surface area (Å²) in [6.07, 6.45) is 0.682. The van der Waals surface area contributed by atoms with Gasteiger partial charge in [0.1, 0.15) is 17.9 Å². The van der Waals surface area contributed by atoms with Gasteiger partial charge >= 0.3 is 5.97 Å². The Bertz CT molecular complexity index is 654. The maximum Gasteiger partial charge on any atom is 0.342 e. The van der Waals surface area contributed by atoms with Crippen molar-refractivity contribution < 1.29 is 19.4 Å². The highest BCUT2D eigenvalue weighted by Crippen LogP contribution is 2.30. The summed E-state index contributed by atoms with van der Waals surface area (Å²) in [6.45, 7) is 0.122. The summed E-state index contributed by atoms with van der Waals surface area (Å²) in [5.41, 5.74) is 0.452. The summed E-state index contributed by atoms with van der Waals surface area (Å²) < 4.78 is 10.4. The SMILES string of the molecule is COC(=O)C(=CO)c1sc(Cl)nc1COc1ccccc1. The average Bonchev–Trinajstić information content (AvgIpc) is 2.87. The first-order valence-electron chi connectivity index (χ1n) is 5.91. The number of aliphatic hydroxyl groups is 1. The summed E-state index contributed by atoms with van der Waals surface area (Å²) >= 11 is 6.96. The second-order valence-corrected chi connectivity index (χ2v) is 5.46. The number of thiazole rings is 1. The molecule has 5 nitrogen and oxygen atoms in total. The molecule has 0 aliphatic heterocycles. The zero-order valence-corrected chi connectivity index (χ0v) is 12.6. The minimum atomic E-state index is -0.668. The van der Waals surface area contributed by atoms with Crippen molar-refractivity contribution in [2.45, 2.75) is 6.61 Å². The summed E-state index contributed by atoms with van der Waals surface area (Å²) in [4.78, 5) is 16.2. The predicted molar refractivity (Wildman–Crippen MR) is 80.5 cm³/mol. The molecule has 0 amide bonds. The third-order valence-electron chi connectivity index (χ3n) is 2.57. The molecule has 21 heavy (non-hydrogen) atoms. The third-order valence-corrected chi connectivity index (χ3v) is 3.80. The van der Waals surface area contributed by atoms with Crippen LogP contribution in [0.4, 0.5) is 0 Å². The van der Waals surface area contributed by atoms with E-state index >= 15 is 0 Å². The Labute approximate surface area is 130 Å². The van der Waals surface area contributed by atoms with Crippen LogP contribution in [-0.2, 0) is 16.1 Å². The summed E-state index contributed by atoms with van der Waals surface area (Å²) in [7, 11) is 1.23. The van der Waals surface area contributed by atoms with Gasteiger partial charge in [-0.25, -0.2) is 9.78 Å². The van der Waals surface area contributed by atoms with E-state index in [1.165, 1.54) is 7.11 Å². The molecule has 0 fully saturated rings. The van der Waals surface area contributed by atoms with Crippen LogP contribution in [0, 0.1) is 0 Å². The van der Waals surface area contributed by atoms with Crippen LogP contribution in [0.25, 0.3) is 5.57 Å². The Morgan fingerprint density at radius 2 is 2.14 bits per heavy atom. The lowest BCUT2D eigenvalue weighted by molar-refractivity contribution is -0.133. The highest BCUT2D eigenvalue weighted by Gasteiger charge is 2.21. The van der Waals surface area contributed by atoms with Crippen LogP contribution >= 0.6 is 22.9 Å². The van der Waals surface area contributed by atoms with Crippen LogP contribution in [0.1, 0.15) is 10.6 Å². The van der Waals surface area contributed by atoms with Crippen LogP contribution in [0.3, 0.4) is 0 Å². The Hall–Kier alpha value is -2.05. The minimum Gasteiger partial charge on any atom is -0.515 e. The fourth-order valence-electron chi connectivity index (χ4n) is 1.61. The van der Waals surface area contributed by atoms with Gasteiger partial charge in [0.05, 0.1) is 23.9 Å². The van der Waals surface area contributed by atoms with Crippen LogP contribution in [0.15, 0.2) is 36.6 Å². The molecule has 1 N–H and O–H groups in total. The molecule has 2 rings (SSSR count).